The van der Waals surface area contributed by atoms with Crippen molar-refractivity contribution in [2.45, 2.75) is 30.0 Å². The number of nitrogens with zero attached hydrogens (tertiary/aromatic N) is 3. The van der Waals surface area contributed by atoms with E-state index in [-0.39, 0.29) is 0 Å². The smallest absolute Gasteiger partial charge is 0.253 e. The van der Waals surface area contributed by atoms with E-state index >= 15 is 0 Å². The zero-order chi connectivity index (χ0) is 16.6. The zero-order valence-corrected chi connectivity index (χ0v) is 16.9. The van der Waals surface area contributed by atoms with E-state index in [1.807, 2.05) is 13.0 Å². The van der Waals surface area contributed by atoms with E-state index in [9.17, 15) is 8.42 Å². The SMILES string of the molecule is Cc1cc(Br)c(S(=O)(=O)N2CCC(N3CCN(C)CC3)CC2)s1. The monoisotopic (exact) mass is 421 g/mol. The van der Waals surface area contributed by atoms with Crippen LogP contribution in [0.5, 0.6) is 0 Å². The molecule has 2 aliphatic rings. The second kappa shape index (κ2) is 7.09. The van der Waals surface area contributed by atoms with Gasteiger partial charge in [-0.2, -0.15) is 4.31 Å². The number of hydrogen-bond donors (Lipinski definition) is 0. The van der Waals surface area contributed by atoms with Gasteiger partial charge in [0.2, 0.25) is 0 Å². The lowest BCUT2D eigenvalue weighted by Gasteiger charge is -2.41. The van der Waals surface area contributed by atoms with Gasteiger partial charge in [0.15, 0.2) is 0 Å². The maximum absolute atomic E-state index is 12.8. The molecule has 0 saturated carbocycles. The van der Waals surface area contributed by atoms with E-state index in [1.54, 1.807) is 4.31 Å². The quantitative estimate of drug-likeness (QED) is 0.750. The molecule has 0 unspecified atom stereocenters. The average molecular weight is 422 g/mol. The van der Waals surface area contributed by atoms with Crippen LogP contribution in [0.15, 0.2) is 14.7 Å². The standard InChI is InChI=1S/C15H24BrN3O2S2/c1-12-11-14(16)15(22-12)23(20,21)19-5-3-13(4-6-19)18-9-7-17(2)8-10-18/h11,13H,3-10H2,1-2H3. The molecule has 23 heavy (non-hydrogen) atoms. The van der Waals surface area contributed by atoms with Crippen molar-refractivity contribution >= 4 is 37.3 Å². The van der Waals surface area contributed by atoms with Gasteiger partial charge in [0.25, 0.3) is 10.0 Å². The average Bonchev–Trinajstić information content (AvgIpc) is 2.87. The molecular formula is C15H24BrN3O2S2. The fourth-order valence-corrected chi connectivity index (χ4v) is 7.73. The summed E-state index contributed by atoms with van der Waals surface area (Å²) in [5.41, 5.74) is 0. The van der Waals surface area contributed by atoms with E-state index in [0.717, 1.165) is 43.9 Å². The van der Waals surface area contributed by atoms with Gasteiger partial charge in [0, 0.05) is 54.7 Å². The number of piperazine rings is 1. The van der Waals surface area contributed by atoms with Gasteiger partial charge in [0.1, 0.15) is 4.21 Å². The first kappa shape index (κ1) is 17.8. The van der Waals surface area contributed by atoms with Crippen molar-refractivity contribution in [2.75, 3.05) is 46.3 Å². The Bertz CT molecular complexity index is 646. The Kier molecular flexibility index (Phi) is 5.50. The first-order valence-corrected chi connectivity index (χ1v) is 11.1. The molecule has 0 bridgehead atoms. The number of sulfonamides is 1. The van der Waals surface area contributed by atoms with Crippen LogP contribution in [0.4, 0.5) is 0 Å². The van der Waals surface area contributed by atoms with E-state index in [0.29, 0.717) is 27.8 Å². The van der Waals surface area contributed by atoms with Crippen molar-refractivity contribution in [1.29, 1.82) is 0 Å². The molecule has 130 valence electrons. The Hall–Kier alpha value is 0.01000. The van der Waals surface area contributed by atoms with Gasteiger partial charge in [0.05, 0.1) is 0 Å². The molecule has 1 aromatic rings. The number of halogens is 1. The number of likely N-dealkylation sites (N-methyl/N-ethyl adjacent to an activating group) is 1. The van der Waals surface area contributed by atoms with Crippen LogP contribution < -0.4 is 0 Å². The Labute approximate surface area is 151 Å². The molecule has 2 fully saturated rings. The Morgan fingerprint density at radius 3 is 2.26 bits per heavy atom. The van der Waals surface area contributed by atoms with Gasteiger partial charge in [-0.3, -0.25) is 4.90 Å². The number of thiophene rings is 1. The van der Waals surface area contributed by atoms with Crippen LogP contribution in [0.2, 0.25) is 0 Å². The summed E-state index contributed by atoms with van der Waals surface area (Å²) in [4.78, 5) is 5.91. The van der Waals surface area contributed by atoms with Crippen LogP contribution in [-0.2, 0) is 10.0 Å². The largest absolute Gasteiger partial charge is 0.304 e. The van der Waals surface area contributed by atoms with E-state index in [1.165, 1.54) is 11.3 Å². The van der Waals surface area contributed by atoms with Gasteiger partial charge in [-0.05, 0) is 48.8 Å². The molecule has 0 aromatic carbocycles. The van der Waals surface area contributed by atoms with Gasteiger partial charge in [-0.15, -0.1) is 11.3 Å². The lowest BCUT2D eigenvalue weighted by atomic mass is 10.0. The Balaban J connectivity index is 1.63. The summed E-state index contributed by atoms with van der Waals surface area (Å²) in [6, 6.07) is 2.41. The molecule has 0 spiro atoms. The maximum atomic E-state index is 12.8. The van der Waals surface area contributed by atoms with Gasteiger partial charge in [-0.1, -0.05) is 0 Å². The minimum Gasteiger partial charge on any atom is -0.304 e. The van der Waals surface area contributed by atoms with Crippen molar-refractivity contribution in [3.8, 4) is 0 Å². The van der Waals surface area contributed by atoms with Crippen LogP contribution >= 0.6 is 27.3 Å². The molecule has 0 N–H and O–H groups in total. The van der Waals surface area contributed by atoms with Crippen LogP contribution in [-0.4, -0.2) is 74.9 Å². The highest BCUT2D eigenvalue weighted by Crippen LogP contribution is 2.34. The zero-order valence-electron chi connectivity index (χ0n) is 13.7. The second-order valence-corrected chi connectivity index (χ2v) is 10.7. The van der Waals surface area contributed by atoms with Crippen molar-refractivity contribution in [3.63, 3.8) is 0 Å². The highest BCUT2D eigenvalue weighted by Gasteiger charge is 2.34. The predicted octanol–water partition coefficient (Wildman–Crippen LogP) is 2.22. The minimum absolute atomic E-state index is 0.452. The van der Waals surface area contributed by atoms with Gasteiger partial charge < -0.3 is 4.90 Å². The molecule has 3 heterocycles. The molecular weight excluding hydrogens is 398 g/mol. The molecule has 0 radical (unpaired) electrons. The third-order valence-electron chi connectivity index (χ3n) is 4.83. The van der Waals surface area contributed by atoms with E-state index < -0.39 is 10.0 Å². The minimum atomic E-state index is -3.36. The molecule has 2 aliphatic heterocycles. The number of aryl methyl sites for hydroxylation is 1. The Morgan fingerprint density at radius 1 is 1.13 bits per heavy atom. The summed E-state index contributed by atoms with van der Waals surface area (Å²) in [5, 5.41) is 0. The van der Waals surface area contributed by atoms with Crippen molar-refractivity contribution < 1.29 is 8.42 Å². The van der Waals surface area contributed by atoms with E-state index in [2.05, 4.69) is 32.8 Å². The molecule has 2 saturated heterocycles. The van der Waals surface area contributed by atoms with Crippen LogP contribution in [0, 0.1) is 6.92 Å². The van der Waals surface area contributed by atoms with E-state index in [4.69, 9.17) is 0 Å². The highest BCUT2D eigenvalue weighted by atomic mass is 79.9. The van der Waals surface area contributed by atoms with Gasteiger partial charge in [-0.25, -0.2) is 8.42 Å². The topological polar surface area (TPSA) is 43.9 Å². The van der Waals surface area contributed by atoms with Crippen LogP contribution in [0.25, 0.3) is 0 Å². The normalized spacial score (nSPS) is 23.4. The van der Waals surface area contributed by atoms with Crippen molar-refractivity contribution in [3.05, 3.63) is 15.4 Å². The van der Waals surface area contributed by atoms with Crippen LogP contribution in [0.3, 0.4) is 0 Å². The summed E-state index contributed by atoms with van der Waals surface area (Å²) in [6.45, 7) is 7.62. The summed E-state index contributed by atoms with van der Waals surface area (Å²) in [5.74, 6) is 0. The van der Waals surface area contributed by atoms with Crippen LogP contribution in [0.1, 0.15) is 17.7 Å². The summed E-state index contributed by atoms with van der Waals surface area (Å²) in [7, 11) is -1.20. The summed E-state index contributed by atoms with van der Waals surface area (Å²) >= 11 is 4.74. The second-order valence-electron chi connectivity index (χ2n) is 6.47. The van der Waals surface area contributed by atoms with Crippen molar-refractivity contribution in [2.24, 2.45) is 0 Å². The molecule has 5 nitrogen and oxygen atoms in total. The van der Waals surface area contributed by atoms with Gasteiger partial charge >= 0.3 is 0 Å². The lowest BCUT2D eigenvalue weighted by Crippen LogP contribution is -2.52. The molecule has 3 rings (SSSR count). The molecule has 0 amide bonds. The number of rotatable bonds is 3. The predicted molar refractivity (Wildman–Crippen MR) is 97.6 cm³/mol. The number of hydrogen-bond acceptors (Lipinski definition) is 5. The van der Waals surface area contributed by atoms with Crippen molar-refractivity contribution in [1.82, 2.24) is 14.1 Å². The third kappa shape index (κ3) is 3.82. The lowest BCUT2D eigenvalue weighted by molar-refractivity contribution is 0.0836. The third-order valence-corrected chi connectivity index (χ3v) is 9.44. The molecule has 8 heteroatoms. The maximum Gasteiger partial charge on any atom is 0.253 e. The fraction of sp³-hybridized carbons (Fsp3) is 0.733. The Morgan fingerprint density at radius 2 is 1.74 bits per heavy atom. The molecule has 0 atom stereocenters. The summed E-state index contributed by atoms with van der Waals surface area (Å²) in [6.07, 6.45) is 1.87. The first-order chi connectivity index (χ1) is 10.9. The molecule has 0 aliphatic carbocycles. The fourth-order valence-electron chi connectivity index (χ4n) is 3.39. The molecule has 1 aromatic heterocycles. The summed E-state index contributed by atoms with van der Waals surface area (Å²) < 4.78 is 28.5. The number of piperidine rings is 1. The first-order valence-electron chi connectivity index (χ1n) is 8.06. The highest BCUT2D eigenvalue weighted by molar-refractivity contribution is 9.10.